The molecule has 0 aliphatic rings. The maximum absolute atomic E-state index is 11.3. The number of hydrogen-bond acceptors (Lipinski definition) is 5. The number of carbonyl (C=O) groups is 1. The van der Waals surface area contributed by atoms with Gasteiger partial charge in [-0.25, -0.2) is 9.97 Å². The fourth-order valence-corrected chi connectivity index (χ4v) is 3.16. The van der Waals surface area contributed by atoms with Gasteiger partial charge >= 0.3 is 0 Å². The van der Waals surface area contributed by atoms with Crippen molar-refractivity contribution >= 4 is 33.3 Å². The third-order valence-corrected chi connectivity index (χ3v) is 4.40. The smallest absolute Gasteiger partial charge is 0.221 e. The molecule has 22 heavy (non-hydrogen) atoms. The summed E-state index contributed by atoms with van der Waals surface area (Å²) < 4.78 is 0. The van der Waals surface area contributed by atoms with Gasteiger partial charge in [0.05, 0.1) is 5.39 Å². The fraction of sp³-hybridized carbons (Fsp3) is 0.188. The molecule has 0 saturated carbocycles. The summed E-state index contributed by atoms with van der Waals surface area (Å²) in [6.07, 6.45) is 1.97. The summed E-state index contributed by atoms with van der Waals surface area (Å²) in [7, 11) is 1.64. The first-order valence-corrected chi connectivity index (χ1v) is 7.84. The Labute approximate surface area is 132 Å². The molecule has 0 bridgehead atoms. The van der Waals surface area contributed by atoms with E-state index < -0.39 is 0 Å². The topological polar surface area (TPSA) is 66.9 Å². The zero-order valence-corrected chi connectivity index (χ0v) is 13.0. The number of nitrogens with one attached hydrogen (secondary N) is 2. The van der Waals surface area contributed by atoms with Crippen LogP contribution in [-0.4, -0.2) is 29.5 Å². The Morgan fingerprint density at radius 3 is 2.82 bits per heavy atom. The summed E-state index contributed by atoms with van der Waals surface area (Å²) in [5.74, 6) is 0.778. The quantitative estimate of drug-likeness (QED) is 0.760. The number of amides is 1. The van der Waals surface area contributed by atoms with Gasteiger partial charge in [0.25, 0.3) is 0 Å². The molecule has 0 atom stereocenters. The highest BCUT2D eigenvalue weighted by atomic mass is 32.1. The number of carbonyl (C=O) groups excluding carboxylic acids is 1. The normalized spacial score (nSPS) is 10.6. The van der Waals surface area contributed by atoms with Crippen LogP contribution in [0.25, 0.3) is 20.7 Å². The number of thiophene rings is 1. The number of rotatable bonds is 5. The fourth-order valence-electron chi connectivity index (χ4n) is 2.16. The SMILES string of the molecule is CNC(=O)CCNc1ncnc2sc(-c3ccccc3)cc12. The molecule has 3 aromatic rings. The lowest BCUT2D eigenvalue weighted by molar-refractivity contribution is -0.120. The predicted octanol–water partition coefficient (Wildman–Crippen LogP) is 2.91. The van der Waals surface area contributed by atoms with Crippen LogP contribution in [0, 0.1) is 0 Å². The van der Waals surface area contributed by atoms with Gasteiger partial charge in [0.2, 0.25) is 5.91 Å². The standard InChI is InChI=1S/C16H16N4OS/c1-17-14(21)7-8-18-15-12-9-13(11-5-3-2-4-6-11)22-16(12)20-10-19-15/h2-6,9-10H,7-8H2,1H3,(H,17,21)(H,18,19,20). The molecule has 2 N–H and O–H groups in total. The van der Waals surface area contributed by atoms with Crippen molar-refractivity contribution in [3.05, 3.63) is 42.7 Å². The van der Waals surface area contributed by atoms with Crippen molar-refractivity contribution in [3.63, 3.8) is 0 Å². The predicted molar refractivity (Wildman–Crippen MR) is 90.0 cm³/mol. The van der Waals surface area contributed by atoms with Gasteiger partial charge in [-0.1, -0.05) is 30.3 Å². The van der Waals surface area contributed by atoms with E-state index in [-0.39, 0.29) is 5.91 Å². The number of fused-ring (bicyclic) bond motifs is 1. The summed E-state index contributed by atoms with van der Waals surface area (Å²) in [5.41, 5.74) is 1.17. The van der Waals surface area contributed by atoms with Gasteiger partial charge in [0.15, 0.2) is 0 Å². The van der Waals surface area contributed by atoms with E-state index in [1.165, 1.54) is 5.56 Å². The third-order valence-electron chi connectivity index (χ3n) is 3.31. The lowest BCUT2D eigenvalue weighted by Gasteiger charge is -2.05. The Kier molecular flexibility index (Phi) is 4.29. The average Bonchev–Trinajstić information content (AvgIpc) is 3.00. The Morgan fingerprint density at radius 1 is 1.23 bits per heavy atom. The second-order valence-electron chi connectivity index (χ2n) is 4.77. The summed E-state index contributed by atoms with van der Waals surface area (Å²) in [6.45, 7) is 0.544. The van der Waals surface area contributed by atoms with Crippen LogP contribution >= 0.6 is 11.3 Å². The Hall–Kier alpha value is -2.47. The van der Waals surface area contributed by atoms with Gasteiger partial charge < -0.3 is 10.6 Å². The first-order chi connectivity index (χ1) is 10.8. The van der Waals surface area contributed by atoms with Crippen molar-refractivity contribution in [2.75, 3.05) is 18.9 Å². The molecule has 2 aromatic heterocycles. The van der Waals surface area contributed by atoms with Gasteiger partial charge in [-0.05, 0) is 11.6 Å². The Morgan fingerprint density at radius 2 is 2.05 bits per heavy atom. The highest BCUT2D eigenvalue weighted by Gasteiger charge is 2.10. The lowest BCUT2D eigenvalue weighted by Crippen LogP contribution is -2.21. The van der Waals surface area contributed by atoms with Gasteiger partial charge in [0, 0.05) is 24.9 Å². The first kappa shape index (κ1) is 14.5. The van der Waals surface area contributed by atoms with Crippen molar-refractivity contribution in [3.8, 4) is 10.4 Å². The van der Waals surface area contributed by atoms with Crippen molar-refractivity contribution in [1.82, 2.24) is 15.3 Å². The Bertz CT molecular complexity index is 785. The van der Waals surface area contributed by atoms with Crippen molar-refractivity contribution in [1.29, 1.82) is 0 Å². The zero-order valence-electron chi connectivity index (χ0n) is 12.2. The zero-order chi connectivity index (χ0) is 15.4. The van der Waals surface area contributed by atoms with E-state index in [0.29, 0.717) is 13.0 Å². The maximum Gasteiger partial charge on any atom is 0.221 e. The molecule has 0 radical (unpaired) electrons. The molecule has 112 valence electrons. The monoisotopic (exact) mass is 312 g/mol. The largest absolute Gasteiger partial charge is 0.369 e. The van der Waals surface area contributed by atoms with E-state index >= 15 is 0 Å². The summed E-state index contributed by atoms with van der Waals surface area (Å²) in [4.78, 5) is 22.0. The minimum Gasteiger partial charge on any atom is -0.369 e. The van der Waals surface area contributed by atoms with Crippen LogP contribution in [0.5, 0.6) is 0 Å². The van der Waals surface area contributed by atoms with E-state index in [1.807, 2.05) is 18.2 Å². The third kappa shape index (κ3) is 3.07. The highest BCUT2D eigenvalue weighted by molar-refractivity contribution is 7.21. The van der Waals surface area contributed by atoms with Crippen molar-refractivity contribution < 1.29 is 4.79 Å². The molecule has 5 nitrogen and oxygen atoms in total. The molecular weight excluding hydrogens is 296 g/mol. The van der Waals surface area contributed by atoms with Crippen molar-refractivity contribution in [2.45, 2.75) is 6.42 Å². The molecule has 3 rings (SSSR count). The number of hydrogen-bond donors (Lipinski definition) is 2. The second-order valence-corrected chi connectivity index (χ2v) is 5.80. The van der Waals surface area contributed by atoms with Crippen LogP contribution < -0.4 is 10.6 Å². The van der Waals surface area contributed by atoms with Crippen LogP contribution in [0.2, 0.25) is 0 Å². The molecule has 2 heterocycles. The molecule has 0 aliphatic carbocycles. The molecule has 0 saturated heterocycles. The van der Waals surface area contributed by atoms with Gasteiger partial charge in [-0.2, -0.15) is 0 Å². The minimum absolute atomic E-state index is 0.00749. The van der Waals surface area contributed by atoms with E-state index in [9.17, 15) is 4.79 Å². The van der Waals surface area contributed by atoms with E-state index in [1.54, 1.807) is 24.7 Å². The average molecular weight is 312 g/mol. The molecule has 0 aliphatic heterocycles. The van der Waals surface area contributed by atoms with Crippen LogP contribution in [0.1, 0.15) is 6.42 Å². The molecule has 6 heteroatoms. The first-order valence-electron chi connectivity index (χ1n) is 7.02. The molecule has 0 unspecified atom stereocenters. The number of benzene rings is 1. The van der Waals surface area contributed by atoms with Gasteiger partial charge in [-0.3, -0.25) is 4.79 Å². The molecule has 0 fully saturated rings. The van der Waals surface area contributed by atoms with Gasteiger partial charge in [0.1, 0.15) is 17.0 Å². The number of anilines is 1. The van der Waals surface area contributed by atoms with Crippen LogP contribution in [0.3, 0.4) is 0 Å². The number of nitrogens with zero attached hydrogens (tertiary/aromatic N) is 2. The molecule has 0 spiro atoms. The Balaban J connectivity index is 1.86. The highest BCUT2D eigenvalue weighted by Crippen LogP contribution is 2.34. The van der Waals surface area contributed by atoms with E-state index in [0.717, 1.165) is 20.9 Å². The van der Waals surface area contributed by atoms with E-state index in [2.05, 4.69) is 38.8 Å². The van der Waals surface area contributed by atoms with Crippen LogP contribution in [-0.2, 0) is 4.79 Å². The lowest BCUT2D eigenvalue weighted by atomic mass is 10.2. The van der Waals surface area contributed by atoms with Crippen LogP contribution in [0.15, 0.2) is 42.7 Å². The minimum atomic E-state index is 0.00749. The van der Waals surface area contributed by atoms with Gasteiger partial charge in [-0.15, -0.1) is 11.3 Å². The summed E-state index contributed by atoms with van der Waals surface area (Å²) in [6, 6.07) is 12.3. The van der Waals surface area contributed by atoms with Crippen LogP contribution in [0.4, 0.5) is 5.82 Å². The molecular formula is C16H16N4OS. The molecule has 1 amide bonds. The van der Waals surface area contributed by atoms with E-state index in [4.69, 9.17) is 0 Å². The maximum atomic E-state index is 11.3. The number of aromatic nitrogens is 2. The molecule has 1 aromatic carbocycles. The van der Waals surface area contributed by atoms with Crippen molar-refractivity contribution in [2.24, 2.45) is 0 Å². The summed E-state index contributed by atoms with van der Waals surface area (Å²) >= 11 is 1.64. The summed E-state index contributed by atoms with van der Waals surface area (Å²) in [5, 5.41) is 6.81. The second kappa shape index (κ2) is 6.53.